The van der Waals surface area contributed by atoms with Crippen molar-refractivity contribution in [1.29, 1.82) is 0 Å². The molecule has 1 N–H and O–H groups in total. The number of carbonyl (C=O) groups is 2. The first-order chi connectivity index (χ1) is 12.5. The van der Waals surface area contributed by atoms with Gasteiger partial charge < -0.3 is 10.2 Å². The molecule has 2 amide bonds. The summed E-state index contributed by atoms with van der Waals surface area (Å²) in [6, 6.07) is 3.68. The van der Waals surface area contributed by atoms with Crippen LogP contribution in [0.2, 0.25) is 0 Å². The Labute approximate surface area is 152 Å². The maximum absolute atomic E-state index is 12.7. The molecule has 26 heavy (non-hydrogen) atoms. The van der Waals surface area contributed by atoms with E-state index in [9.17, 15) is 9.59 Å². The fourth-order valence-electron chi connectivity index (χ4n) is 4.21. The summed E-state index contributed by atoms with van der Waals surface area (Å²) in [5.74, 6) is 0.206. The molecule has 2 saturated heterocycles. The Morgan fingerprint density at radius 1 is 1.27 bits per heavy atom. The van der Waals surface area contributed by atoms with E-state index in [2.05, 4.69) is 15.4 Å². The maximum atomic E-state index is 12.7. The summed E-state index contributed by atoms with van der Waals surface area (Å²) >= 11 is 0. The first-order valence-electron chi connectivity index (χ1n) is 8.98. The average molecular weight is 353 g/mol. The molecule has 2 aromatic heterocycles. The van der Waals surface area contributed by atoms with Crippen molar-refractivity contribution in [1.82, 2.24) is 25.0 Å². The minimum atomic E-state index is -0.275. The van der Waals surface area contributed by atoms with Crippen LogP contribution < -0.4 is 5.32 Å². The third-order valence-electron chi connectivity index (χ3n) is 5.67. The molecule has 7 nitrogen and oxygen atoms in total. The van der Waals surface area contributed by atoms with Crippen LogP contribution in [0.25, 0.3) is 0 Å². The minimum absolute atomic E-state index is 0.00889. The number of pyridine rings is 1. The number of likely N-dealkylation sites (tertiary alicyclic amines) is 1. The number of hydrogen-bond donors (Lipinski definition) is 1. The van der Waals surface area contributed by atoms with E-state index in [-0.39, 0.29) is 23.3 Å². The van der Waals surface area contributed by atoms with Gasteiger partial charge in [0, 0.05) is 50.6 Å². The quantitative estimate of drug-likeness (QED) is 0.885. The van der Waals surface area contributed by atoms with E-state index in [1.165, 1.54) is 0 Å². The molecule has 0 unspecified atom stereocenters. The molecule has 4 rings (SSSR count). The van der Waals surface area contributed by atoms with E-state index < -0.39 is 0 Å². The molecule has 0 aromatic carbocycles. The van der Waals surface area contributed by atoms with E-state index in [0.717, 1.165) is 24.1 Å². The maximum Gasteiger partial charge on any atom is 0.255 e. The van der Waals surface area contributed by atoms with Gasteiger partial charge in [-0.1, -0.05) is 0 Å². The summed E-state index contributed by atoms with van der Waals surface area (Å²) in [6.45, 7) is 3.16. The number of amides is 2. The van der Waals surface area contributed by atoms with Crippen molar-refractivity contribution in [2.24, 2.45) is 7.05 Å². The SMILES string of the molecule is Cc1ccc(C(=O)N2CCC3(CC2)NC(=O)C[C@@H]3c2cnn(C)c2)cn1. The lowest BCUT2D eigenvalue weighted by Crippen LogP contribution is -2.54. The van der Waals surface area contributed by atoms with Crippen LogP contribution in [-0.2, 0) is 11.8 Å². The molecular weight excluding hydrogens is 330 g/mol. The van der Waals surface area contributed by atoms with Gasteiger partial charge in [-0.15, -0.1) is 0 Å². The third-order valence-corrected chi connectivity index (χ3v) is 5.67. The first-order valence-corrected chi connectivity index (χ1v) is 8.98. The zero-order valence-corrected chi connectivity index (χ0v) is 15.1. The van der Waals surface area contributed by atoms with Gasteiger partial charge in [0.2, 0.25) is 5.91 Å². The molecule has 4 heterocycles. The van der Waals surface area contributed by atoms with Crippen LogP contribution in [-0.4, -0.2) is 50.1 Å². The van der Waals surface area contributed by atoms with Gasteiger partial charge in [-0.3, -0.25) is 19.3 Å². The molecule has 0 radical (unpaired) electrons. The van der Waals surface area contributed by atoms with Crippen LogP contribution in [0.3, 0.4) is 0 Å². The molecule has 1 spiro atoms. The normalized spacial score (nSPS) is 21.8. The molecule has 1 atom stereocenters. The topological polar surface area (TPSA) is 80.1 Å². The average Bonchev–Trinajstić information content (AvgIpc) is 3.19. The highest BCUT2D eigenvalue weighted by atomic mass is 16.2. The number of rotatable bonds is 2. The lowest BCUT2D eigenvalue weighted by Gasteiger charge is -2.42. The predicted molar refractivity (Wildman–Crippen MR) is 95.6 cm³/mol. The Hall–Kier alpha value is -2.70. The summed E-state index contributed by atoms with van der Waals surface area (Å²) in [7, 11) is 1.89. The van der Waals surface area contributed by atoms with Gasteiger partial charge in [0.05, 0.1) is 17.3 Å². The van der Waals surface area contributed by atoms with Gasteiger partial charge in [0.1, 0.15) is 0 Å². The van der Waals surface area contributed by atoms with Crippen LogP contribution in [0, 0.1) is 6.92 Å². The molecule has 2 aliphatic rings. The van der Waals surface area contributed by atoms with Crippen molar-refractivity contribution in [2.45, 2.75) is 37.6 Å². The summed E-state index contributed by atoms with van der Waals surface area (Å²) in [5, 5.41) is 7.47. The molecule has 2 aromatic rings. The Morgan fingerprint density at radius 2 is 2.04 bits per heavy atom. The van der Waals surface area contributed by atoms with Gasteiger partial charge in [0.25, 0.3) is 5.91 Å². The van der Waals surface area contributed by atoms with E-state index in [1.807, 2.05) is 43.4 Å². The minimum Gasteiger partial charge on any atom is -0.350 e. The molecule has 2 fully saturated rings. The van der Waals surface area contributed by atoms with Crippen LogP contribution in [0.1, 0.15) is 46.8 Å². The van der Waals surface area contributed by atoms with E-state index in [0.29, 0.717) is 25.1 Å². The van der Waals surface area contributed by atoms with Crippen molar-refractivity contribution in [2.75, 3.05) is 13.1 Å². The Bertz CT molecular complexity index is 834. The second kappa shape index (κ2) is 6.23. The third kappa shape index (κ3) is 2.87. The number of piperidine rings is 1. The summed E-state index contributed by atoms with van der Waals surface area (Å²) < 4.78 is 1.77. The van der Waals surface area contributed by atoms with Crippen molar-refractivity contribution in [3.05, 3.63) is 47.5 Å². The molecule has 136 valence electrons. The number of aromatic nitrogens is 3. The summed E-state index contributed by atoms with van der Waals surface area (Å²) in [6.07, 6.45) is 7.47. The smallest absolute Gasteiger partial charge is 0.255 e. The van der Waals surface area contributed by atoms with Crippen molar-refractivity contribution in [3.63, 3.8) is 0 Å². The van der Waals surface area contributed by atoms with E-state index in [4.69, 9.17) is 0 Å². The number of carbonyl (C=O) groups excluding carboxylic acids is 2. The predicted octanol–water partition coefficient (Wildman–Crippen LogP) is 1.40. The van der Waals surface area contributed by atoms with Gasteiger partial charge in [0.15, 0.2) is 0 Å². The highest BCUT2D eigenvalue weighted by Gasteiger charge is 2.49. The Kier molecular flexibility index (Phi) is 4.01. The highest BCUT2D eigenvalue weighted by Crippen LogP contribution is 2.43. The summed E-state index contributed by atoms with van der Waals surface area (Å²) in [5.41, 5.74) is 2.33. The van der Waals surface area contributed by atoms with Gasteiger partial charge >= 0.3 is 0 Å². The second-order valence-electron chi connectivity index (χ2n) is 7.39. The standard InChI is InChI=1S/C19H23N5O2/c1-13-3-4-14(10-20-13)18(26)24-7-5-19(6-8-24)16(9-17(25)22-19)15-11-21-23(2)12-15/h3-4,10-12,16H,5-9H2,1-2H3,(H,22,25)/t16-/m1/s1. The highest BCUT2D eigenvalue weighted by molar-refractivity contribution is 5.94. The lowest BCUT2D eigenvalue weighted by atomic mass is 9.75. The molecule has 2 aliphatic heterocycles. The number of nitrogens with zero attached hydrogens (tertiary/aromatic N) is 4. The van der Waals surface area contributed by atoms with E-state index >= 15 is 0 Å². The van der Waals surface area contributed by atoms with E-state index in [1.54, 1.807) is 10.9 Å². The monoisotopic (exact) mass is 353 g/mol. The lowest BCUT2D eigenvalue weighted by molar-refractivity contribution is -0.120. The second-order valence-corrected chi connectivity index (χ2v) is 7.39. The van der Waals surface area contributed by atoms with Crippen molar-refractivity contribution in [3.8, 4) is 0 Å². The fourth-order valence-corrected chi connectivity index (χ4v) is 4.21. The molecule has 0 aliphatic carbocycles. The van der Waals surface area contributed by atoms with Crippen LogP contribution >= 0.6 is 0 Å². The Balaban J connectivity index is 1.50. The Morgan fingerprint density at radius 3 is 2.65 bits per heavy atom. The number of aryl methyl sites for hydroxylation is 2. The zero-order valence-electron chi connectivity index (χ0n) is 15.1. The van der Waals surface area contributed by atoms with Gasteiger partial charge in [-0.05, 0) is 37.5 Å². The number of hydrogen-bond acceptors (Lipinski definition) is 4. The first kappa shape index (κ1) is 16.8. The molecule has 7 heteroatoms. The summed E-state index contributed by atoms with van der Waals surface area (Å²) in [4.78, 5) is 30.9. The van der Waals surface area contributed by atoms with Crippen LogP contribution in [0.4, 0.5) is 0 Å². The van der Waals surface area contributed by atoms with Crippen molar-refractivity contribution < 1.29 is 9.59 Å². The van der Waals surface area contributed by atoms with Gasteiger partial charge in [-0.25, -0.2) is 0 Å². The molecule has 0 bridgehead atoms. The van der Waals surface area contributed by atoms with Crippen LogP contribution in [0.15, 0.2) is 30.7 Å². The number of nitrogens with one attached hydrogen (secondary N) is 1. The van der Waals surface area contributed by atoms with Crippen LogP contribution in [0.5, 0.6) is 0 Å². The molecule has 0 saturated carbocycles. The molecular formula is C19H23N5O2. The largest absolute Gasteiger partial charge is 0.350 e. The fraction of sp³-hybridized carbons (Fsp3) is 0.474. The van der Waals surface area contributed by atoms with Crippen molar-refractivity contribution >= 4 is 11.8 Å². The zero-order chi connectivity index (χ0) is 18.3. The van der Waals surface area contributed by atoms with Gasteiger partial charge in [-0.2, -0.15) is 5.10 Å².